The van der Waals surface area contributed by atoms with Gasteiger partial charge >= 0.3 is 5.91 Å². The Morgan fingerprint density at radius 2 is 2.12 bits per heavy atom. The van der Waals surface area contributed by atoms with Crippen LogP contribution in [0, 0.1) is 16.0 Å². The average Bonchev–Trinajstić information content (AvgIpc) is 2.35. The lowest BCUT2D eigenvalue weighted by Crippen LogP contribution is -2.47. The maximum absolute atomic E-state index is 10.7. The number of carbonyl (C=O) groups is 1. The molecule has 6 nitrogen and oxygen atoms in total. The van der Waals surface area contributed by atoms with E-state index in [0.717, 1.165) is 0 Å². The Labute approximate surface area is 98.0 Å². The normalized spacial score (nSPS) is 15.9. The van der Waals surface area contributed by atoms with Crippen molar-refractivity contribution in [1.29, 1.82) is 0 Å². The van der Waals surface area contributed by atoms with Crippen LogP contribution in [0.15, 0.2) is 30.3 Å². The van der Waals surface area contributed by atoms with Crippen LogP contribution in [0.3, 0.4) is 0 Å². The average molecular weight is 239 g/mol. The molecule has 0 radical (unpaired) electrons. The molecule has 92 valence electrons. The second-order valence-electron chi connectivity index (χ2n) is 3.61. The van der Waals surface area contributed by atoms with Crippen molar-refractivity contribution >= 4 is 6.29 Å². The minimum atomic E-state index is -2.68. The predicted octanol–water partition coefficient (Wildman–Crippen LogP) is 0.961. The second kappa shape index (κ2) is 5.51. The zero-order valence-corrected chi connectivity index (χ0v) is 9.28. The molecule has 0 bridgehead atoms. The number of hydrogen-bond acceptors (Lipinski definition) is 5. The molecule has 2 atom stereocenters. The van der Waals surface area contributed by atoms with Gasteiger partial charge in [0.15, 0.2) is 0 Å². The van der Waals surface area contributed by atoms with E-state index >= 15 is 0 Å². The molecule has 0 spiro atoms. The van der Waals surface area contributed by atoms with Crippen LogP contribution in [-0.4, -0.2) is 22.2 Å². The summed E-state index contributed by atoms with van der Waals surface area (Å²) in [4.78, 5) is 20.2. The van der Waals surface area contributed by atoms with E-state index in [1.54, 1.807) is 30.3 Å². The maximum Gasteiger partial charge on any atom is 0.449 e. The number of aliphatic hydroxyl groups is 1. The summed E-state index contributed by atoms with van der Waals surface area (Å²) >= 11 is 0. The van der Waals surface area contributed by atoms with E-state index in [0.29, 0.717) is 5.56 Å². The van der Waals surface area contributed by atoms with Gasteiger partial charge in [0.1, 0.15) is 12.2 Å². The largest absolute Gasteiger partial charge is 0.449 e. The molecule has 1 aromatic carbocycles. The van der Waals surface area contributed by atoms with Gasteiger partial charge < -0.3 is 9.90 Å². The Morgan fingerprint density at radius 3 is 2.59 bits per heavy atom. The highest BCUT2D eigenvalue weighted by Gasteiger charge is 2.48. The molecule has 2 unspecified atom stereocenters. The Balaban J connectivity index is 2.75. The number of nitro groups is 1. The first kappa shape index (κ1) is 13.3. The van der Waals surface area contributed by atoms with E-state index in [1.807, 2.05) is 0 Å². The zero-order valence-electron chi connectivity index (χ0n) is 9.28. The van der Waals surface area contributed by atoms with E-state index < -0.39 is 16.8 Å². The number of carbonyl (C=O) groups excluding carboxylic acids is 1. The van der Waals surface area contributed by atoms with Gasteiger partial charge in [0.25, 0.3) is 0 Å². The van der Waals surface area contributed by atoms with E-state index in [2.05, 4.69) is 0 Å². The molecule has 0 amide bonds. The molecule has 1 rings (SSSR count). The molecule has 6 heteroatoms. The van der Waals surface area contributed by atoms with Crippen LogP contribution in [0.1, 0.15) is 12.5 Å². The van der Waals surface area contributed by atoms with Crippen molar-refractivity contribution in [3.63, 3.8) is 0 Å². The van der Waals surface area contributed by atoms with Crippen molar-refractivity contribution in [3.8, 4) is 0 Å². The molecule has 0 saturated carbocycles. The molecule has 1 aromatic rings. The van der Waals surface area contributed by atoms with Crippen molar-refractivity contribution in [3.05, 3.63) is 46.0 Å². The summed E-state index contributed by atoms with van der Waals surface area (Å²) in [7, 11) is 0. The van der Waals surface area contributed by atoms with Gasteiger partial charge in [-0.15, -0.1) is 0 Å². The SMILES string of the molecule is CC(C=O)C(O)(OCc1ccccc1)[N+](=O)[O-]. The van der Waals surface area contributed by atoms with Crippen molar-refractivity contribution in [2.45, 2.75) is 19.4 Å². The molecule has 0 fully saturated rings. The fraction of sp³-hybridized carbons (Fsp3) is 0.364. The van der Waals surface area contributed by atoms with Gasteiger partial charge in [-0.2, -0.15) is 0 Å². The molecule has 17 heavy (non-hydrogen) atoms. The molecule has 0 aliphatic heterocycles. The van der Waals surface area contributed by atoms with E-state index in [4.69, 9.17) is 4.74 Å². The number of hydrogen-bond donors (Lipinski definition) is 1. The van der Waals surface area contributed by atoms with Crippen LogP contribution >= 0.6 is 0 Å². The number of ether oxygens (including phenoxy) is 1. The minimum Gasteiger partial charge on any atom is -0.306 e. The third kappa shape index (κ3) is 3.08. The lowest BCUT2D eigenvalue weighted by atomic mass is 10.1. The van der Waals surface area contributed by atoms with Crippen molar-refractivity contribution < 1.29 is 19.6 Å². The summed E-state index contributed by atoms with van der Waals surface area (Å²) in [5.41, 5.74) is 0.672. The third-order valence-electron chi connectivity index (χ3n) is 2.35. The van der Waals surface area contributed by atoms with Crippen LogP contribution in [-0.2, 0) is 16.1 Å². The highest BCUT2D eigenvalue weighted by Crippen LogP contribution is 2.20. The molecular weight excluding hydrogens is 226 g/mol. The number of nitrogens with zero attached hydrogens (tertiary/aromatic N) is 1. The summed E-state index contributed by atoms with van der Waals surface area (Å²) in [5, 5.41) is 20.4. The first-order valence-corrected chi connectivity index (χ1v) is 5.00. The Morgan fingerprint density at radius 1 is 1.53 bits per heavy atom. The molecule has 0 aliphatic carbocycles. The van der Waals surface area contributed by atoms with Crippen molar-refractivity contribution in [2.24, 2.45) is 5.92 Å². The van der Waals surface area contributed by atoms with Crippen molar-refractivity contribution in [1.82, 2.24) is 0 Å². The highest BCUT2D eigenvalue weighted by molar-refractivity contribution is 5.53. The summed E-state index contributed by atoms with van der Waals surface area (Å²) in [6, 6.07) is 8.68. The fourth-order valence-corrected chi connectivity index (χ4v) is 1.20. The standard InChI is InChI=1S/C11H13NO5/c1-9(7-13)11(14,12(15)16)17-8-10-5-3-2-4-6-10/h2-7,9,14H,8H2,1H3. The highest BCUT2D eigenvalue weighted by atomic mass is 16.8. The molecule has 0 aliphatic rings. The Bertz CT molecular complexity index is 394. The minimum absolute atomic E-state index is 0.142. The second-order valence-corrected chi connectivity index (χ2v) is 3.61. The van der Waals surface area contributed by atoms with Gasteiger partial charge in [-0.3, -0.25) is 14.9 Å². The quantitative estimate of drug-likeness (QED) is 0.345. The summed E-state index contributed by atoms with van der Waals surface area (Å²) in [6.45, 7) is 1.08. The van der Waals surface area contributed by atoms with Gasteiger partial charge in [-0.25, -0.2) is 0 Å². The maximum atomic E-state index is 10.7. The number of benzene rings is 1. The van der Waals surface area contributed by atoms with Crippen LogP contribution in [0.5, 0.6) is 0 Å². The lowest BCUT2D eigenvalue weighted by Gasteiger charge is -2.21. The molecule has 0 aromatic heterocycles. The van der Waals surface area contributed by atoms with Crippen LogP contribution in [0.4, 0.5) is 0 Å². The summed E-state index contributed by atoms with van der Waals surface area (Å²) in [6.07, 6.45) is 0.286. The van der Waals surface area contributed by atoms with Crippen LogP contribution in [0.2, 0.25) is 0 Å². The molecule has 0 saturated heterocycles. The smallest absolute Gasteiger partial charge is 0.306 e. The lowest BCUT2D eigenvalue weighted by molar-refractivity contribution is -0.697. The van der Waals surface area contributed by atoms with Gasteiger partial charge in [0, 0.05) is 0 Å². The number of aldehydes is 1. The van der Waals surface area contributed by atoms with Gasteiger partial charge in [-0.05, 0) is 12.5 Å². The predicted molar refractivity (Wildman–Crippen MR) is 58.4 cm³/mol. The first-order chi connectivity index (χ1) is 8.00. The van der Waals surface area contributed by atoms with Gasteiger partial charge in [-0.1, -0.05) is 30.3 Å². The summed E-state index contributed by atoms with van der Waals surface area (Å²) < 4.78 is 4.86. The molecular formula is C11H13NO5. The monoisotopic (exact) mass is 239 g/mol. The van der Waals surface area contributed by atoms with Crippen LogP contribution in [0.25, 0.3) is 0 Å². The first-order valence-electron chi connectivity index (χ1n) is 5.00. The Hall–Kier alpha value is -1.79. The van der Waals surface area contributed by atoms with Crippen LogP contribution < -0.4 is 0 Å². The van der Waals surface area contributed by atoms with Gasteiger partial charge in [0.05, 0.1) is 11.5 Å². The Kier molecular flexibility index (Phi) is 4.30. The molecule has 1 N–H and O–H groups in total. The number of rotatable bonds is 6. The van der Waals surface area contributed by atoms with E-state index in [1.165, 1.54) is 6.92 Å². The topological polar surface area (TPSA) is 89.7 Å². The zero-order chi connectivity index (χ0) is 12.9. The fourth-order valence-electron chi connectivity index (χ4n) is 1.20. The molecule has 0 heterocycles. The summed E-state index contributed by atoms with van der Waals surface area (Å²) in [5.74, 6) is -3.93. The van der Waals surface area contributed by atoms with E-state index in [9.17, 15) is 20.0 Å². The van der Waals surface area contributed by atoms with Gasteiger partial charge in [0.2, 0.25) is 0 Å². The van der Waals surface area contributed by atoms with E-state index in [-0.39, 0.29) is 12.9 Å². The van der Waals surface area contributed by atoms with Crippen molar-refractivity contribution in [2.75, 3.05) is 0 Å². The third-order valence-corrected chi connectivity index (χ3v) is 2.35.